The third kappa shape index (κ3) is 4.11. The zero-order chi connectivity index (χ0) is 15.2. The van der Waals surface area contributed by atoms with E-state index in [0.29, 0.717) is 23.7 Å². The number of rotatable bonds is 4. The number of likely N-dealkylation sites (tertiary alicyclic amines) is 1. The lowest BCUT2D eigenvalue weighted by molar-refractivity contribution is -0.155. The number of carbonyl (C=O) groups is 2. The number of halogens is 1. The Balaban J connectivity index is 1.96. The third-order valence-electron chi connectivity index (χ3n) is 3.45. The molecule has 0 aliphatic carbocycles. The van der Waals surface area contributed by atoms with Gasteiger partial charge in [0.1, 0.15) is 11.8 Å². The minimum absolute atomic E-state index is 0.117. The Kier molecular flexibility index (Phi) is 5.44. The van der Waals surface area contributed by atoms with Gasteiger partial charge in [0.2, 0.25) is 0 Å². The monoisotopic (exact) mass is 311 g/mol. The number of amides is 1. The molecule has 0 N–H and O–H groups in total. The van der Waals surface area contributed by atoms with E-state index in [-0.39, 0.29) is 18.5 Å². The predicted molar refractivity (Wildman–Crippen MR) is 78.3 cm³/mol. The molecule has 1 saturated heterocycles. The quantitative estimate of drug-likeness (QED) is 0.801. The summed E-state index contributed by atoms with van der Waals surface area (Å²) in [6.07, 6.45) is 2.44. The van der Waals surface area contributed by atoms with E-state index < -0.39 is 6.04 Å². The first-order valence-corrected chi connectivity index (χ1v) is 7.25. The van der Waals surface area contributed by atoms with Gasteiger partial charge in [0, 0.05) is 11.6 Å². The molecular formula is C15H18ClNO4. The van der Waals surface area contributed by atoms with Crippen molar-refractivity contribution in [1.29, 1.82) is 0 Å². The van der Waals surface area contributed by atoms with Crippen LogP contribution in [0.15, 0.2) is 24.3 Å². The number of hydrogen-bond donors (Lipinski definition) is 0. The highest BCUT2D eigenvalue weighted by molar-refractivity contribution is 6.30. The SMILES string of the molecule is COC(=O)C1CCCCN1C(=O)COc1cccc(Cl)c1. The zero-order valence-electron chi connectivity index (χ0n) is 11.9. The summed E-state index contributed by atoms with van der Waals surface area (Å²) < 4.78 is 10.2. The molecule has 0 saturated carbocycles. The van der Waals surface area contributed by atoms with Gasteiger partial charge < -0.3 is 14.4 Å². The van der Waals surface area contributed by atoms with Gasteiger partial charge in [-0.2, -0.15) is 0 Å². The molecule has 0 bridgehead atoms. The van der Waals surface area contributed by atoms with Gasteiger partial charge in [-0.25, -0.2) is 4.79 Å². The topological polar surface area (TPSA) is 55.8 Å². The van der Waals surface area contributed by atoms with Gasteiger partial charge in [0.15, 0.2) is 6.61 Å². The number of hydrogen-bond acceptors (Lipinski definition) is 4. The van der Waals surface area contributed by atoms with E-state index in [9.17, 15) is 9.59 Å². The first-order valence-electron chi connectivity index (χ1n) is 6.87. The second kappa shape index (κ2) is 7.31. The molecule has 1 aromatic carbocycles. The van der Waals surface area contributed by atoms with Gasteiger partial charge in [-0.05, 0) is 37.5 Å². The summed E-state index contributed by atoms with van der Waals surface area (Å²) in [6, 6.07) is 6.35. The molecule has 1 fully saturated rings. The Morgan fingerprint density at radius 1 is 1.38 bits per heavy atom. The molecule has 0 spiro atoms. The summed E-state index contributed by atoms with van der Waals surface area (Å²) in [5, 5.41) is 0.547. The molecule has 1 atom stereocenters. The van der Waals surface area contributed by atoms with E-state index in [1.807, 2.05) is 0 Å². The third-order valence-corrected chi connectivity index (χ3v) is 3.69. The fourth-order valence-electron chi connectivity index (χ4n) is 2.40. The largest absolute Gasteiger partial charge is 0.484 e. The van der Waals surface area contributed by atoms with Crippen molar-refractivity contribution < 1.29 is 19.1 Å². The highest BCUT2D eigenvalue weighted by Crippen LogP contribution is 2.20. The average molecular weight is 312 g/mol. The van der Waals surface area contributed by atoms with Crippen LogP contribution in [-0.4, -0.2) is 43.1 Å². The number of benzene rings is 1. The minimum Gasteiger partial charge on any atom is -0.484 e. The van der Waals surface area contributed by atoms with Crippen molar-refractivity contribution in [2.45, 2.75) is 25.3 Å². The molecule has 1 amide bonds. The van der Waals surface area contributed by atoms with Crippen molar-refractivity contribution >= 4 is 23.5 Å². The van der Waals surface area contributed by atoms with Crippen molar-refractivity contribution in [2.24, 2.45) is 0 Å². The fraction of sp³-hybridized carbons (Fsp3) is 0.467. The normalized spacial score (nSPS) is 18.2. The summed E-state index contributed by atoms with van der Waals surface area (Å²) in [6.45, 7) is 0.436. The second-order valence-electron chi connectivity index (χ2n) is 4.87. The molecule has 1 aliphatic heterocycles. The molecule has 1 aromatic rings. The summed E-state index contributed by atoms with van der Waals surface area (Å²) in [4.78, 5) is 25.5. The van der Waals surface area contributed by atoms with Gasteiger partial charge >= 0.3 is 5.97 Å². The van der Waals surface area contributed by atoms with Crippen molar-refractivity contribution in [2.75, 3.05) is 20.3 Å². The van der Waals surface area contributed by atoms with E-state index in [0.717, 1.165) is 12.8 Å². The highest BCUT2D eigenvalue weighted by Gasteiger charge is 2.32. The molecule has 1 heterocycles. The standard InChI is InChI=1S/C15H18ClNO4/c1-20-15(19)13-7-2-3-8-17(13)14(18)10-21-12-6-4-5-11(16)9-12/h4-6,9,13H,2-3,7-8,10H2,1H3. The Hall–Kier alpha value is -1.75. The average Bonchev–Trinajstić information content (AvgIpc) is 2.52. The van der Waals surface area contributed by atoms with Crippen molar-refractivity contribution in [3.05, 3.63) is 29.3 Å². The van der Waals surface area contributed by atoms with Crippen LogP contribution in [0, 0.1) is 0 Å². The van der Waals surface area contributed by atoms with Crippen LogP contribution in [0.5, 0.6) is 5.75 Å². The molecular weight excluding hydrogens is 294 g/mol. The Morgan fingerprint density at radius 2 is 2.19 bits per heavy atom. The van der Waals surface area contributed by atoms with Crippen molar-refractivity contribution in [3.8, 4) is 5.75 Å². The predicted octanol–water partition coefficient (Wildman–Crippen LogP) is 2.27. The number of carbonyl (C=O) groups excluding carboxylic acids is 2. The van der Waals surface area contributed by atoms with Gasteiger partial charge in [-0.1, -0.05) is 17.7 Å². The molecule has 6 heteroatoms. The molecule has 0 aromatic heterocycles. The minimum atomic E-state index is -0.501. The maximum atomic E-state index is 12.2. The van der Waals surface area contributed by atoms with E-state index >= 15 is 0 Å². The van der Waals surface area contributed by atoms with Crippen LogP contribution in [0.25, 0.3) is 0 Å². The van der Waals surface area contributed by atoms with Crippen LogP contribution < -0.4 is 4.74 Å². The second-order valence-corrected chi connectivity index (χ2v) is 5.30. The molecule has 114 valence electrons. The lowest BCUT2D eigenvalue weighted by Crippen LogP contribution is -2.50. The summed E-state index contributed by atoms with van der Waals surface area (Å²) >= 11 is 5.86. The van der Waals surface area contributed by atoms with Crippen LogP contribution in [0.3, 0.4) is 0 Å². The first kappa shape index (κ1) is 15.6. The Bertz CT molecular complexity index is 520. The summed E-state index contributed by atoms with van der Waals surface area (Å²) in [5.41, 5.74) is 0. The van der Waals surface area contributed by atoms with E-state index in [1.54, 1.807) is 29.2 Å². The van der Waals surface area contributed by atoms with Gasteiger partial charge in [0.05, 0.1) is 7.11 Å². The van der Waals surface area contributed by atoms with Gasteiger partial charge in [-0.15, -0.1) is 0 Å². The number of piperidine rings is 1. The highest BCUT2D eigenvalue weighted by atomic mass is 35.5. The van der Waals surface area contributed by atoms with Crippen molar-refractivity contribution in [1.82, 2.24) is 4.90 Å². The number of methoxy groups -OCH3 is 1. The van der Waals surface area contributed by atoms with Gasteiger partial charge in [0.25, 0.3) is 5.91 Å². The number of esters is 1. The first-order chi connectivity index (χ1) is 10.1. The molecule has 21 heavy (non-hydrogen) atoms. The lowest BCUT2D eigenvalue weighted by Gasteiger charge is -2.33. The fourth-order valence-corrected chi connectivity index (χ4v) is 2.58. The molecule has 5 nitrogen and oxygen atoms in total. The van der Waals surface area contributed by atoms with Crippen LogP contribution in [0.1, 0.15) is 19.3 Å². The maximum Gasteiger partial charge on any atom is 0.328 e. The zero-order valence-corrected chi connectivity index (χ0v) is 12.6. The Morgan fingerprint density at radius 3 is 2.90 bits per heavy atom. The Labute approximate surface area is 128 Å². The molecule has 1 unspecified atom stereocenters. The summed E-state index contributed by atoms with van der Waals surface area (Å²) in [5.74, 6) is -0.0571. The molecule has 0 radical (unpaired) electrons. The van der Waals surface area contributed by atoms with Crippen LogP contribution in [0.2, 0.25) is 5.02 Å². The number of ether oxygens (including phenoxy) is 2. The van der Waals surface area contributed by atoms with E-state index in [1.165, 1.54) is 7.11 Å². The van der Waals surface area contributed by atoms with E-state index in [2.05, 4.69) is 0 Å². The molecule has 2 rings (SSSR count). The van der Waals surface area contributed by atoms with Crippen molar-refractivity contribution in [3.63, 3.8) is 0 Å². The smallest absolute Gasteiger partial charge is 0.328 e. The van der Waals surface area contributed by atoms with Crippen LogP contribution in [0.4, 0.5) is 0 Å². The van der Waals surface area contributed by atoms with Crippen LogP contribution in [-0.2, 0) is 14.3 Å². The maximum absolute atomic E-state index is 12.2. The lowest BCUT2D eigenvalue weighted by atomic mass is 10.0. The van der Waals surface area contributed by atoms with Gasteiger partial charge in [-0.3, -0.25) is 4.79 Å². The summed E-state index contributed by atoms with van der Waals surface area (Å²) in [7, 11) is 1.34. The van der Waals surface area contributed by atoms with E-state index in [4.69, 9.17) is 21.1 Å². The number of nitrogens with zero attached hydrogens (tertiary/aromatic N) is 1. The van der Waals surface area contributed by atoms with Crippen LogP contribution >= 0.6 is 11.6 Å². The molecule has 1 aliphatic rings.